The van der Waals surface area contributed by atoms with Crippen LogP contribution in [0, 0.1) is 0 Å². The molecule has 0 bridgehead atoms. The Labute approximate surface area is 187 Å². The van der Waals surface area contributed by atoms with Gasteiger partial charge in [0.25, 0.3) is 6.08 Å². The standard InChI is InChI=1S/C24H19BrN2O4/c25-17-11-9-16(10-12-17)13-23(24(29)30)27(26-15-28)31-14-22-20-7-3-1-5-18(20)19-6-2-4-8-21(19)22/h1-12,22-23H,13-14H2,(H,29,30). The Bertz CT molecular complexity index is 1100. The second-order valence-corrected chi connectivity index (χ2v) is 8.12. The molecular weight excluding hydrogens is 460 g/mol. The monoisotopic (exact) mass is 478 g/mol. The maximum Gasteiger partial charge on any atom is 0.331 e. The summed E-state index contributed by atoms with van der Waals surface area (Å²) in [4.78, 5) is 28.8. The molecule has 1 N–H and O–H groups in total. The van der Waals surface area contributed by atoms with Crippen LogP contribution in [0.25, 0.3) is 11.1 Å². The van der Waals surface area contributed by atoms with Gasteiger partial charge in [-0.2, -0.15) is 0 Å². The molecule has 0 heterocycles. The molecule has 1 aliphatic carbocycles. The van der Waals surface area contributed by atoms with Gasteiger partial charge in [0.15, 0.2) is 6.04 Å². The number of aliphatic carboxylic acids is 1. The maximum atomic E-state index is 12.0. The van der Waals surface area contributed by atoms with Gasteiger partial charge in [-0.1, -0.05) is 81.7 Å². The molecule has 1 atom stereocenters. The predicted octanol–water partition coefficient (Wildman–Crippen LogP) is 4.74. The summed E-state index contributed by atoms with van der Waals surface area (Å²) in [7, 11) is 0. The van der Waals surface area contributed by atoms with Crippen molar-refractivity contribution in [2.75, 3.05) is 6.61 Å². The third-order valence-electron chi connectivity index (χ3n) is 5.37. The maximum absolute atomic E-state index is 12.0. The lowest BCUT2D eigenvalue weighted by atomic mass is 9.98. The minimum Gasteiger partial charge on any atom is -0.480 e. The number of benzene rings is 3. The van der Waals surface area contributed by atoms with Crippen LogP contribution in [0.4, 0.5) is 0 Å². The van der Waals surface area contributed by atoms with Crippen molar-refractivity contribution >= 4 is 28.0 Å². The lowest BCUT2D eigenvalue weighted by Gasteiger charge is -2.25. The fourth-order valence-electron chi connectivity index (χ4n) is 3.92. The number of rotatable bonds is 8. The first kappa shape index (κ1) is 21.0. The molecule has 156 valence electrons. The van der Waals surface area contributed by atoms with Crippen LogP contribution in [0.1, 0.15) is 22.6 Å². The summed E-state index contributed by atoms with van der Waals surface area (Å²) in [5, 5.41) is 14.2. The molecule has 0 radical (unpaired) electrons. The quantitative estimate of drug-likeness (QED) is 0.287. The SMILES string of the molecule is O=C=NN(OCC1c2ccccc2-c2ccccc21)C(Cc1ccc(Br)cc1)C(=O)O. The van der Waals surface area contributed by atoms with E-state index in [-0.39, 0.29) is 18.9 Å². The number of hydrogen-bond acceptors (Lipinski definition) is 5. The Morgan fingerprint density at radius 2 is 1.61 bits per heavy atom. The zero-order valence-electron chi connectivity index (χ0n) is 16.4. The summed E-state index contributed by atoms with van der Waals surface area (Å²) < 4.78 is 0.890. The van der Waals surface area contributed by atoms with E-state index >= 15 is 0 Å². The van der Waals surface area contributed by atoms with Gasteiger partial charge in [-0.15, -0.1) is 5.17 Å². The van der Waals surface area contributed by atoms with E-state index in [1.165, 1.54) is 6.08 Å². The Morgan fingerprint density at radius 3 is 2.16 bits per heavy atom. The van der Waals surface area contributed by atoms with Crippen molar-refractivity contribution in [3.63, 3.8) is 0 Å². The number of carboxylic acids is 1. The summed E-state index contributed by atoms with van der Waals surface area (Å²) in [5.74, 6) is -1.24. The molecule has 31 heavy (non-hydrogen) atoms. The Morgan fingerprint density at radius 1 is 1.03 bits per heavy atom. The van der Waals surface area contributed by atoms with E-state index in [9.17, 15) is 14.7 Å². The highest BCUT2D eigenvalue weighted by Gasteiger charge is 2.32. The van der Waals surface area contributed by atoms with E-state index in [1.54, 1.807) is 0 Å². The molecule has 7 heteroatoms. The number of halogens is 1. The molecule has 0 amide bonds. The molecule has 0 saturated heterocycles. The first-order valence-electron chi connectivity index (χ1n) is 9.74. The largest absolute Gasteiger partial charge is 0.480 e. The number of carboxylic acid groups (broad SMARTS) is 1. The number of carbonyl (C=O) groups excluding carboxylic acids is 1. The van der Waals surface area contributed by atoms with Crippen molar-refractivity contribution in [2.24, 2.45) is 5.10 Å². The van der Waals surface area contributed by atoms with Crippen LogP contribution in [0.5, 0.6) is 0 Å². The first-order chi connectivity index (χ1) is 15.1. The zero-order chi connectivity index (χ0) is 21.8. The van der Waals surface area contributed by atoms with Crippen molar-refractivity contribution in [1.82, 2.24) is 5.17 Å². The third kappa shape index (κ3) is 4.44. The van der Waals surface area contributed by atoms with E-state index in [0.717, 1.165) is 37.5 Å². The van der Waals surface area contributed by atoms with Crippen LogP contribution in [0.2, 0.25) is 0 Å². The van der Waals surface area contributed by atoms with Crippen LogP contribution in [-0.2, 0) is 20.8 Å². The lowest BCUT2D eigenvalue weighted by Crippen LogP contribution is -2.40. The number of hydrogen-bond donors (Lipinski definition) is 1. The highest BCUT2D eigenvalue weighted by atomic mass is 79.9. The van der Waals surface area contributed by atoms with Crippen LogP contribution < -0.4 is 0 Å². The Balaban J connectivity index is 1.57. The van der Waals surface area contributed by atoms with Crippen LogP contribution in [0.15, 0.2) is 82.4 Å². The van der Waals surface area contributed by atoms with Crippen LogP contribution in [-0.4, -0.2) is 35.0 Å². The number of hydroxylamine groups is 1. The molecule has 3 aromatic rings. The average molecular weight is 479 g/mol. The van der Waals surface area contributed by atoms with Crippen molar-refractivity contribution in [3.05, 3.63) is 94.0 Å². The highest BCUT2D eigenvalue weighted by molar-refractivity contribution is 9.10. The second-order valence-electron chi connectivity index (χ2n) is 7.20. The summed E-state index contributed by atoms with van der Waals surface area (Å²) in [6.07, 6.45) is 1.53. The predicted molar refractivity (Wildman–Crippen MR) is 119 cm³/mol. The van der Waals surface area contributed by atoms with E-state index in [4.69, 9.17) is 4.84 Å². The van der Waals surface area contributed by atoms with Gasteiger partial charge >= 0.3 is 5.97 Å². The van der Waals surface area contributed by atoms with Gasteiger partial charge < -0.3 is 5.11 Å². The summed E-state index contributed by atoms with van der Waals surface area (Å²) in [5.41, 5.74) is 5.22. The average Bonchev–Trinajstić information content (AvgIpc) is 3.10. The Hall–Kier alpha value is -3.25. The topological polar surface area (TPSA) is 79.2 Å². The summed E-state index contributed by atoms with van der Waals surface area (Å²) in [6.45, 7) is 0.142. The fourth-order valence-corrected chi connectivity index (χ4v) is 4.19. The normalized spacial score (nSPS) is 13.1. The molecule has 1 aliphatic rings. The number of isocyanates is 1. The number of nitrogens with zero attached hydrogens (tertiary/aromatic N) is 2. The van der Waals surface area contributed by atoms with Crippen molar-refractivity contribution in [1.29, 1.82) is 0 Å². The zero-order valence-corrected chi connectivity index (χ0v) is 18.0. The number of hydrazone groups is 1. The molecule has 0 spiro atoms. The molecule has 0 fully saturated rings. The summed E-state index contributed by atoms with van der Waals surface area (Å²) >= 11 is 3.36. The lowest BCUT2D eigenvalue weighted by molar-refractivity contribution is -0.200. The molecule has 6 nitrogen and oxygen atoms in total. The van der Waals surface area contributed by atoms with Crippen LogP contribution >= 0.6 is 15.9 Å². The highest BCUT2D eigenvalue weighted by Crippen LogP contribution is 2.44. The van der Waals surface area contributed by atoms with Gasteiger partial charge in [0, 0.05) is 16.8 Å². The van der Waals surface area contributed by atoms with Gasteiger partial charge in [0.2, 0.25) is 0 Å². The van der Waals surface area contributed by atoms with E-state index in [0.29, 0.717) is 0 Å². The number of fused-ring (bicyclic) bond motifs is 3. The molecule has 4 rings (SSSR count). The van der Waals surface area contributed by atoms with E-state index in [2.05, 4.69) is 33.2 Å². The minimum atomic E-state index is -1.17. The Kier molecular flexibility index (Phi) is 6.28. The molecule has 0 aromatic heterocycles. The fraction of sp³-hybridized carbons (Fsp3) is 0.167. The van der Waals surface area contributed by atoms with Gasteiger partial charge in [-0.3, -0.25) is 4.84 Å². The van der Waals surface area contributed by atoms with Gasteiger partial charge in [0.1, 0.15) is 0 Å². The van der Waals surface area contributed by atoms with Crippen molar-refractivity contribution < 1.29 is 19.5 Å². The second kappa shape index (κ2) is 9.27. The smallest absolute Gasteiger partial charge is 0.331 e. The van der Waals surface area contributed by atoms with Crippen LogP contribution in [0.3, 0.4) is 0 Å². The minimum absolute atomic E-state index is 0.0983. The molecular formula is C24H19BrN2O4. The summed E-state index contributed by atoms with van der Waals surface area (Å²) in [6, 6.07) is 22.2. The van der Waals surface area contributed by atoms with E-state index in [1.807, 2.05) is 60.7 Å². The van der Waals surface area contributed by atoms with Crippen molar-refractivity contribution in [3.8, 4) is 11.1 Å². The molecule has 0 saturated carbocycles. The number of carbonyl (C=O) groups is 1. The van der Waals surface area contributed by atoms with Gasteiger partial charge in [-0.25, -0.2) is 9.59 Å². The van der Waals surface area contributed by atoms with Gasteiger partial charge in [0.05, 0.1) is 6.61 Å². The molecule has 3 aromatic carbocycles. The molecule has 0 aliphatic heterocycles. The van der Waals surface area contributed by atoms with Crippen molar-refractivity contribution in [2.45, 2.75) is 18.4 Å². The van der Waals surface area contributed by atoms with Gasteiger partial charge in [-0.05, 0) is 39.9 Å². The molecule has 1 unspecified atom stereocenters. The third-order valence-corrected chi connectivity index (χ3v) is 5.90. The van der Waals surface area contributed by atoms with E-state index < -0.39 is 12.0 Å². The first-order valence-corrected chi connectivity index (χ1v) is 10.5.